The molecule has 2 aliphatic rings. The van der Waals surface area contributed by atoms with Crippen LogP contribution in [0.5, 0.6) is 5.19 Å². The fourth-order valence-electron chi connectivity index (χ4n) is 4.93. The molecule has 2 aromatic heterocycles. The first-order valence-corrected chi connectivity index (χ1v) is 13.6. The van der Waals surface area contributed by atoms with Crippen molar-refractivity contribution >= 4 is 23.5 Å². The number of hydrogen-bond donors (Lipinski definition) is 0. The zero-order valence-electron chi connectivity index (χ0n) is 21.0. The van der Waals surface area contributed by atoms with Gasteiger partial charge in [-0.1, -0.05) is 17.4 Å². The third-order valence-corrected chi connectivity index (χ3v) is 8.31. The monoisotopic (exact) mass is 538 g/mol. The Morgan fingerprint density at radius 1 is 1.22 bits per heavy atom. The van der Waals surface area contributed by atoms with Crippen molar-refractivity contribution in [2.24, 2.45) is 23.9 Å². The maximum absolute atomic E-state index is 12.4. The molecule has 3 heterocycles. The van der Waals surface area contributed by atoms with Gasteiger partial charge in [-0.3, -0.25) is 9.59 Å². The number of carbonyl (C=O) groups excluding carboxylic acids is 1. The maximum atomic E-state index is 12.4. The minimum atomic E-state index is -4.22. The number of ether oxygens (including phenoxy) is 1. The van der Waals surface area contributed by atoms with Gasteiger partial charge in [-0.25, -0.2) is 9.98 Å². The standard InChI is InChI=1S/C26H33F3N4O3S/c1-32-21(3-2-4-23(32)34)24(35)30-17-19-7-5-18(6-8-19)9-13-33-14-10-20-22(11-15-33)37-25(31-20)36-16-12-26(27,28)29/h2-4,17-19H,5-16H2,1H3/b30-17+. The highest BCUT2D eigenvalue weighted by atomic mass is 32.1. The second-order valence-electron chi connectivity index (χ2n) is 9.87. The predicted molar refractivity (Wildman–Crippen MR) is 137 cm³/mol. The van der Waals surface area contributed by atoms with Gasteiger partial charge >= 0.3 is 6.18 Å². The SMILES string of the molecule is Cn1c(C(=O)/N=C/C2CCC(CCN3CCc4nc(OCCC(F)(F)F)sc4CC3)CC2)cccc1=O. The minimum Gasteiger partial charge on any atom is -0.470 e. The van der Waals surface area contributed by atoms with Gasteiger partial charge in [0.05, 0.1) is 18.7 Å². The van der Waals surface area contributed by atoms with E-state index in [0.717, 1.165) is 75.2 Å². The van der Waals surface area contributed by atoms with Gasteiger partial charge < -0.3 is 14.2 Å². The van der Waals surface area contributed by atoms with E-state index in [0.29, 0.717) is 16.8 Å². The molecule has 0 atom stereocenters. The van der Waals surface area contributed by atoms with Gasteiger partial charge in [0.25, 0.3) is 16.7 Å². The number of hydrogen-bond acceptors (Lipinski definition) is 6. The lowest BCUT2D eigenvalue weighted by atomic mass is 9.81. The van der Waals surface area contributed by atoms with Crippen LogP contribution in [0.25, 0.3) is 0 Å². The van der Waals surface area contributed by atoms with Crippen LogP contribution in [0.15, 0.2) is 28.0 Å². The van der Waals surface area contributed by atoms with E-state index in [1.807, 2.05) is 0 Å². The Kier molecular flexibility index (Phi) is 9.17. The molecule has 1 aliphatic heterocycles. The van der Waals surface area contributed by atoms with Gasteiger partial charge in [0.15, 0.2) is 0 Å². The van der Waals surface area contributed by atoms with E-state index in [-0.39, 0.29) is 24.0 Å². The highest BCUT2D eigenvalue weighted by Gasteiger charge is 2.28. The normalized spacial score (nSPS) is 21.1. The molecule has 0 N–H and O–H groups in total. The summed E-state index contributed by atoms with van der Waals surface area (Å²) in [4.78, 5) is 36.2. The van der Waals surface area contributed by atoms with Crippen molar-refractivity contribution in [3.05, 3.63) is 44.8 Å². The van der Waals surface area contributed by atoms with Gasteiger partial charge in [-0.15, -0.1) is 0 Å². The van der Waals surface area contributed by atoms with E-state index in [1.165, 1.54) is 22.0 Å². The Balaban J connectivity index is 1.16. The molecule has 1 aliphatic carbocycles. The van der Waals surface area contributed by atoms with E-state index in [1.54, 1.807) is 25.4 Å². The first kappa shape index (κ1) is 27.5. The number of fused-ring (bicyclic) bond motifs is 1. The lowest BCUT2D eigenvalue weighted by Crippen LogP contribution is -2.29. The van der Waals surface area contributed by atoms with Crippen molar-refractivity contribution < 1.29 is 22.7 Å². The summed E-state index contributed by atoms with van der Waals surface area (Å²) < 4.78 is 43.5. The first-order valence-electron chi connectivity index (χ1n) is 12.8. The molecule has 0 bridgehead atoms. The Labute approximate surface area is 218 Å². The number of aliphatic imine (C=N–C) groups is 1. The molecule has 1 amide bonds. The summed E-state index contributed by atoms with van der Waals surface area (Å²) in [5.74, 6) is 0.555. The quantitative estimate of drug-likeness (QED) is 0.456. The summed E-state index contributed by atoms with van der Waals surface area (Å²) >= 11 is 1.37. The molecule has 2 aromatic rings. The molecule has 1 fully saturated rings. The zero-order chi connectivity index (χ0) is 26.4. The van der Waals surface area contributed by atoms with Gasteiger partial charge in [0.2, 0.25) is 0 Å². The summed E-state index contributed by atoms with van der Waals surface area (Å²) in [6, 6.07) is 4.60. The Hall–Kier alpha value is -2.53. The summed E-state index contributed by atoms with van der Waals surface area (Å²) in [7, 11) is 1.57. The number of aromatic nitrogens is 2. The number of amides is 1. The van der Waals surface area contributed by atoms with Gasteiger partial charge in [-0.05, 0) is 63.0 Å². The lowest BCUT2D eigenvalue weighted by molar-refractivity contribution is -0.139. The summed E-state index contributed by atoms with van der Waals surface area (Å²) in [5, 5.41) is 0.345. The number of rotatable bonds is 8. The molecule has 0 saturated heterocycles. The van der Waals surface area contributed by atoms with Crippen LogP contribution < -0.4 is 10.3 Å². The maximum Gasteiger partial charge on any atom is 0.392 e. The lowest BCUT2D eigenvalue weighted by Gasteiger charge is -2.28. The Morgan fingerprint density at radius 3 is 2.73 bits per heavy atom. The van der Waals surface area contributed by atoms with Crippen LogP contribution in [-0.2, 0) is 19.9 Å². The minimum absolute atomic E-state index is 0.225. The van der Waals surface area contributed by atoms with Crippen LogP contribution >= 0.6 is 11.3 Å². The fourth-order valence-corrected chi connectivity index (χ4v) is 5.90. The molecule has 0 spiro atoms. The smallest absolute Gasteiger partial charge is 0.392 e. The largest absolute Gasteiger partial charge is 0.470 e. The molecule has 0 radical (unpaired) electrons. The average molecular weight is 539 g/mol. The Bertz CT molecular complexity index is 1130. The molecule has 4 rings (SSSR count). The van der Waals surface area contributed by atoms with Crippen LogP contribution in [0.3, 0.4) is 0 Å². The number of carbonyl (C=O) groups is 1. The van der Waals surface area contributed by atoms with E-state index >= 15 is 0 Å². The van der Waals surface area contributed by atoms with Crippen LogP contribution in [0, 0.1) is 11.8 Å². The number of thiazole rings is 1. The topological polar surface area (TPSA) is 76.8 Å². The van der Waals surface area contributed by atoms with Crippen molar-refractivity contribution in [2.45, 2.75) is 57.5 Å². The molecule has 202 valence electrons. The van der Waals surface area contributed by atoms with Crippen molar-refractivity contribution in [1.82, 2.24) is 14.5 Å². The highest BCUT2D eigenvalue weighted by molar-refractivity contribution is 7.13. The zero-order valence-corrected chi connectivity index (χ0v) is 21.8. The molecule has 7 nitrogen and oxygen atoms in total. The van der Waals surface area contributed by atoms with Gasteiger partial charge in [0.1, 0.15) is 5.69 Å². The van der Waals surface area contributed by atoms with Crippen LogP contribution in [0.2, 0.25) is 0 Å². The van der Waals surface area contributed by atoms with Gasteiger partial charge in [0, 0.05) is 43.7 Å². The molecule has 0 unspecified atom stereocenters. The van der Waals surface area contributed by atoms with E-state index in [2.05, 4.69) is 14.9 Å². The van der Waals surface area contributed by atoms with Crippen molar-refractivity contribution in [3.63, 3.8) is 0 Å². The van der Waals surface area contributed by atoms with Crippen LogP contribution in [0.1, 0.15) is 59.6 Å². The first-order chi connectivity index (χ1) is 17.7. The second-order valence-corrected chi connectivity index (χ2v) is 10.9. The number of halogens is 3. The average Bonchev–Trinajstić information content (AvgIpc) is 3.15. The predicted octanol–water partition coefficient (Wildman–Crippen LogP) is 4.68. The summed E-state index contributed by atoms with van der Waals surface area (Å²) in [6.07, 6.45) is 3.57. The Morgan fingerprint density at radius 2 is 1.97 bits per heavy atom. The number of alkyl halides is 3. The highest BCUT2D eigenvalue weighted by Crippen LogP contribution is 2.32. The molecular weight excluding hydrogens is 505 g/mol. The summed E-state index contributed by atoms with van der Waals surface area (Å²) in [6.45, 7) is 2.45. The molecule has 1 saturated carbocycles. The molecule has 0 aromatic carbocycles. The van der Waals surface area contributed by atoms with E-state index in [9.17, 15) is 22.8 Å². The van der Waals surface area contributed by atoms with E-state index < -0.39 is 12.6 Å². The van der Waals surface area contributed by atoms with Crippen molar-refractivity contribution in [2.75, 3.05) is 26.2 Å². The van der Waals surface area contributed by atoms with Crippen LogP contribution in [0.4, 0.5) is 13.2 Å². The van der Waals surface area contributed by atoms with Crippen LogP contribution in [-0.4, -0.2) is 59.0 Å². The molecule has 11 heteroatoms. The number of nitrogens with zero attached hydrogens (tertiary/aromatic N) is 4. The van der Waals surface area contributed by atoms with Crippen molar-refractivity contribution in [3.8, 4) is 5.19 Å². The van der Waals surface area contributed by atoms with Crippen molar-refractivity contribution in [1.29, 1.82) is 0 Å². The third kappa shape index (κ3) is 7.98. The van der Waals surface area contributed by atoms with Gasteiger partial charge in [-0.2, -0.15) is 13.2 Å². The third-order valence-electron chi connectivity index (χ3n) is 7.24. The fraction of sp³-hybridized carbons (Fsp3) is 0.615. The molecular formula is C26H33F3N4O3S. The summed E-state index contributed by atoms with van der Waals surface area (Å²) in [5.41, 5.74) is 1.03. The molecule has 37 heavy (non-hydrogen) atoms. The van der Waals surface area contributed by atoms with E-state index in [4.69, 9.17) is 4.74 Å². The second kappa shape index (κ2) is 12.3. The number of pyridine rings is 1.